The Labute approximate surface area is 87.3 Å². The molecule has 14 heavy (non-hydrogen) atoms. The van der Waals surface area contributed by atoms with Crippen LogP contribution in [0, 0.1) is 16.7 Å². The summed E-state index contributed by atoms with van der Waals surface area (Å²) < 4.78 is 0. The molecular weight excluding hydrogens is 174 g/mol. The average molecular weight is 197 g/mol. The first kappa shape index (κ1) is 10.4. The van der Waals surface area contributed by atoms with E-state index in [2.05, 4.69) is 20.8 Å². The minimum absolute atomic E-state index is 0.0637. The largest absolute Gasteiger partial charge is 0.375 e. The molecule has 3 atom stereocenters. The Hall–Kier alpha value is -0.0800. The normalized spacial score (nSPS) is 50.4. The highest BCUT2D eigenvalue weighted by atomic mass is 16.3. The summed E-state index contributed by atoms with van der Waals surface area (Å²) in [6.07, 6.45) is 3.41. The van der Waals surface area contributed by atoms with Crippen LogP contribution in [0.1, 0.15) is 40.0 Å². The van der Waals surface area contributed by atoms with Gasteiger partial charge in [-0.25, -0.2) is 0 Å². The molecule has 0 spiro atoms. The molecular formula is C12H23NO. The van der Waals surface area contributed by atoms with Gasteiger partial charge in [0.1, 0.15) is 5.72 Å². The van der Waals surface area contributed by atoms with Crippen LogP contribution in [0.5, 0.6) is 0 Å². The van der Waals surface area contributed by atoms with Gasteiger partial charge in [0.2, 0.25) is 0 Å². The molecule has 0 saturated heterocycles. The van der Waals surface area contributed by atoms with Crippen molar-refractivity contribution in [1.29, 1.82) is 0 Å². The Morgan fingerprint density at radius 1 is 1.21 bits per heavy atom. The van der Waals surface area contributed by atoms with Crippen LogP contribution in [0.4, 0.5) is 0 Å². The maximum atomic E-state index is 10.8. The fourth-order valence-corrected chi connectivity index (χ4v) is 3.91. The van der Waals surface area contributed by atoms with Gasteiger partial charge in [-0.15, -0.1) is 0 Å². The van der Waals surface area contributed by atoms with Crippen molar-refractivity contribution in [1.82, 2.24) is 4.90 Å². The maximum Gasteiger partial charge on any atom is 0.124 e. The highest BCUT2D eigenvalue weighted by Crippen LogP contribution is 2.69. The smallest absolute Gasteiger partial charge is 0.124 e. The molecule has 2 saturated carbocycles. The Morgan fingerprint density at radius 2 is 1.79 bits per heavy atom. The monoisotopic (exact) mass is 197 g/mol. The fraction of sp³-hybridized carbons (Fsp3) is 1.00. The van der Waals surface area contributed by atoms with Crippen LogP contribution in [-0.2, 0) is 0 Å². The van der Waals surface area contributed by atoms with Gasteiger partial charge in [0.25, 0.3) is 0 Å². The third-order valence-corrected chi connectivity index (χ3v) is 5.59. The molecule has 2 nitrogen and oxygen atoms in total. The Morgan fingerprint density at radius 3 is 2.00 bits per heavy atom. The van der Waals surface area contributed by atoms with E-state index in [4.69, 9.17) is 0 Å². The molecule has 0 heterocycles. The number of nitrogens with zero attached hydrogens (tertiary/aromatic N) is 1. The molecule has 2 rings (SSSR count). The van der Waals surface area contributed by atoms with E-state index in [1.165, 1.54) is 12.8 Å². The highest BCUT2D eigenvalue weighted by molar-refractivity contribution is 5.16. The minimum Gasteiger partial charge on any atom is -0.375 e. The number of aliphatic hydroxyl groups is 1. The quantitative estimate of drug-likeness (QED) is 0.651. The van der Waals surface area contributed by atoms with Crippen molar-refractivity contribution >= 4 is 0 Å². The predicted molar refractivity (Wildman–Crippen MR) is 57.9 cm³/mol. The van der Waals surface area contributed by atoms with Gasteiger partial charge in [0, 0.05) is 5.41 Å². The summed E-state index contributed by atoms with van der Waals surface area (Å²) in [6, 6.07) is 0. The average Bonchev–Trinajstić information content (AvgIpc) is 2.36. The molecule has 0 radical (unpaired) electrons. The first-order chi connectivity index (χ1) is 6.26. The zero-order valence-corrected chi connectivity index (χ0v) is 10.1. The van der Waals surface area contributed by atoms with Crippen molar-refractivity contribution in [2.24, 2.45) is 16.7 Å². The summed E-state index contributed by atoms with van der Waals surface area (Å²) in [5.74, 6) is 0.694. The molecule has 1 N–H and O–H groups in total. The van der Waals surface area contributed by atoms with E-state index in [9.17, 15) is 5.11 Å². The van der Waals surface area contributed by atoms with E-state index in [0.717, 1.165) is 6.42 Å². The minimum atomic E-state index is -0.584. The van der Waals surface area contributed by atoms with Crippen LogP contribution in [0.2, 0.25) is 0 Å². The number of hydrogen-bond donors (Lipinski definition) is 1. The number of rotatable bonds is 1. The number of hydrogen-bond acceptors (Lipinski definition) is 2. The summed E-state index contributed by atoms with van der Waals surface area (Å²) in [7, 11) is 4.00. The lowest BCUT2D eigenvalue weighted by Crippen LogP contribution is -2.56. The zero-order chi connectivity index (χ0) is 10.8. The van der Waals surface area contributed by atoms with Crippen molar-refractivity contribution in [2.75, 3.05) is 14.1 Å². The Kier molecular flexibility index (Phi) is 1.89. The summed E-state index contributed by atoms with van der Waals surface area (Å²) in [4.78, 5) is 2.02. The van der Waals surface area contributed by atoms with E-state index in [1.807, 2.05) is 19.0 Å². The van der Waals surface area contributed by atoms with Crippen molar-refractivity contribution in [2.45, 2.75) is 45.8 Å². The molecule has 2 heteroatoms. The topological polar surface area (TPSA) is 23.5 Å². The van der Waals surface area contributed by atoms with E-state index in [0.29, 0.717) is 5.92 Å². The van der Waals surface area contributed by atoms with Gasteiger partial charge in [-0.3, -0.25) is 4.90 Å². The lowest BCUT2D eigenvalue weighted by Gasteiger charge is -2.48. The molecule has 2 bridgehead atoms. The lowest BCUT2D eigenvalue weighted by atomic mass is 9.67. The second kappa shape index (κ2) is 2.53. The summed E-state index contributed by atoms with van der Waals surface area (Å²) >= 11 is 0. The van der Waals surface area contributed by atoms with Gasteiger partial charge < -0.3 is 5.11 Å². The van der Waals surface area contributed by atoms with Crippen LogP contribution in [-0.4, -0.2) is 29.8 Å². The van der Waals surface area contributed by atoms with E-state index < -0.39 is 5.72 Å². The van der Waals surface area contributed by atoms with E-state index in [1.54, 1.807) is 0 Å². The van der Waals surface area contributed by atoms with Crippen LogP contribution < -0.4 is 0 Å². The predicted octanol–water partition coefficient (Wildman–Crippen LogP) is 2.08. The molecule has 2 fully saturated rings. The molecule has 0 aliphatic heterocycles. The van der Waals surface area contributed by atoms with Gasteiger partial charge >= 0.3 is 0 Å². The summed E-state index contributed by atoms with van der Waals surface area (Å²) in [5, 5.41) is 10.8. The van der Waals surface area contributed by atoms with E-state index >= 15 is 0 Å². The van der Waals surface area contributed by atoms with Crippen molar-refractivity contribution < 1.29 is 5.11 Å². The second-order valence-corrected chi connectivity index (χ2v) is 6.20. The van der Waals surface area contributed by atoms with Crippen LogP contribution in [0.3, 0.4) is 0 Å². The number of fused-ring (bicyclic) bond motifs is 2. The van der Waals surface area contributed by atoms with Crippen LogP contribution in [0.25, 0.3) is 0 Å². The standard InChI is InChI=1S/C12H23NO/c1-10(2)9-6-7-11(10,3)12(14,8-9)13(4)5/h9,14H,6-8H2,1-5H3. The van der Waals surface area contributed by atoms with Gasteiger partial charge in [-0.1, -0.05) is 20.8 Å². The maximum absolute atomic E-state index is 10.8. The molecule has 0 aromatic heterocycles. The first-order valence-electron chi connectivity index (χ1n) is 5.65. The Bertz CT molecular complexity index is 261. The van der Waals surface area contributed by atoms with Gasteiger partial charge in [-0.2, -0.15) is 0 Å². The summed E-state index contributed by atoms with van der Waals surface area (Å²) in [6.45, 7) is 6.91. The van der Waals surface area contributed by atoms with Gasteiger partial charge in [0.05, 0.1) is 0 Å². The van der Waals surface area contributed by atoms with Gasteiger partial charge in [0.15, 0.2) is 0 Å². The van der Waals surface area contributed by atoms with Crippen molar-refractivity contribution in [3.8, 4) is 0 Å². The molecule has 3 unspecified atom stereocenters. The third-order valence-electron chi connectivity index (χ3n) is 5.59. The SMILES string of the molecule is CN(C)C1(O)CC2CCC1(C)C2(C)C. The molecule has 0 amide bonds. The Balaban J connectivity index is 2.45. The van der Waals surface area contributed by atoms with Crippen LogP contribution >= 0.6 is 0 Å². The first-order valence-corrected chi connectivity index (χ1v) is 5.65. The van der Waals surface area contributed by atoms with Crippen molar-refractivity contribution in [3.63, 3.8) is 0 Å². The molecule has 2 aliphatic rings. The fourth-order valence-electron chi connectivity index (χ4n) is 3.91. The zero-order valence-electron chi connectivity index (χ0n) is 10.1. The lowest BCUT2D eigenvalue weighted by molar-refractivity contribution is -0.178. The molecule has 0 aromatic rings. The van der Waals surface area contributed by atoms with Gasteiger partial charge in [-0.05, 0) is 44.7 Å². The molecule has 2 aliphatic carbocycles. The van der Waals surface area contributed by atoms with Crippen LogP contribution in [0.15, 0.2) is 0 Å². The van der Waals surface area contributed by atoms with E-state index in [-0.39, 0.29) is 10.8 Å². The second-order valence-electron chi connectivity index (χ2n) is 6.20. The van der Waals surface area contributed by atoms with Crippen molar-refractivity contribution in [3.05, 3.63) is 0 Å². The third kappa shape index (κ3) is 0.849. The molecule has 0 aromatic carbocycles. The molecule has 82 valence electrons. The summed E-state index contributed by atoms with van der Waals surface area (Å²) in [5.41, 5.74) is -0.237. The highest BCUT2D eigenvalue weighted by Gasteiger charge is 2.69.